The highest BCUT2D eigenvalue weighted by Crippen LogP contribution is 2.30. The summed E-state index contributed by atoms with van der Waals surface area (Å²) in [5.41, 5.74) is 3.78. The van der Waals surface area contributed by atoms with E-state index in [1.165, 1.54) is 26.4 Å². The molecule has 2 aromatic rings. The summed E-state index contributed by atoms with van der Waals surface area (Å²) in [5.74, 6) is 0. The van der Waals surface area contributed by atoms with E-state index in [1.54, 1.807) is 0 Å². The molecule has 19 heavy (non-hydrogen) atoms. The van der Waals surface area contributed by atoms with Crippen molar-refractivity contribution in [1.29, 1.82) is 0 Å². The summed E-state index contributed by atoms with van der Waals surface area (Å²) >= 11 is 8.20. The quantitative estimate of drug-likeness (QED) is 0.851. The van der Waals surface area contributed by atoms with Gasteiger partial charge < -0.3 is 5.32 Å². The van der Waals surface area contributed by atoms with Crippen molar-refractivity contribution in [2.75, 3.05) is 7.05 Å². The van der Waals surface area contributed by atoms with E-state index in [0.29, 0.717) is 6.04 Å². The molecule has 0 fully saturated rings. The molecule has 1 nitrogen and oxygen atoms in total. The van der Waals surface area contributed by atoms with Crippen LogP contribution in [-0.4, -0.2) is 7.05 Å². The van der Waals surface area contributed by atoms with Crippen molar-refractivity contribution in [3.05, 3.63) is 55.7 Å². The minimum absolute atomic E-state index is 0.331. The van der Waals surface area contributed by atoms with Gasteiger partial charge in [0, 0.05) is 20.8 Å². The molecule has 0 bridgehead atoms. The SMILES string of the molecule is CNC(Cc1ccc(C)cc1Cl)c1cc(C)c(C)s1. The molecular weight excluding hydrogens is 274 g/mol. The second-order valence-corrected chi connectivity index (χ2v) is 6.72. The van der Waals surface area contributed by atoms with Crippen LogP contribution in [-0.2, 0) is 6.42 Å². The van der Waals surface area contributed by atoms with Crippen LogP contribution >= 0.6 is 22.9 Å². The van der Waals surface area contributed by atoms with E-state index in [4.69, 9.17) is 11.6 Å². The summed E-state index contributed by atoms with van der Waals surface area (Å²) in [4.78, 5) is 2.78. The number of hydrogen-bond acceptors (Lipinski definition) is 2. The first-order valence-electron chi connectivity index (χ1n) is 6.50. The lowest BCUT2D eigenvalue weighted by molar-refractivity contribution is 0.602. The Kier molecular flexibility index (Phi) is 4.67. The Morgan fingerprint density at radius 3 is 2.47 bits per heavy atom. The molecular formula is C16H20ClNS. The minimum Gasteiger partial charge on any atom is -0.312 e. The number of hydrogen-bond donors (Lipinski definition) is 1. The molecule has 1 unspecified atom stereocenters. The van der Waals surface area contributed by atoms with Crippen molar-refractivity contribution < 1.29 is 0 Å². The van der Waals surface area contributed by atoms with Gasteiger partial charge in [-0.2, -0.15) is 0 Å². The highest BCUT2D eigenvalue weighted by atomic mass is 35.5. The van der Waals surface area contributed by atoms with Crippen molar-refractivity contribution >= 4 is 22.9 Å². The van der Waals surface area contributed by atoms with Gasteiger partial charge in [0.15, 0.2) is 0 Å². The normalized spacial score (nSPS) is 12.7. The molecule has 1 N–H and O–H groups in total. The number of aryl methyl sites for hydroxylation is 3. The first-order chi connectivity index (χ1) is 9.01. The fraction of sp³-hybridized carbons (Fsp3) is 0.375. The zero-order chi connectivity index (χ0) is 14.0. The smallest absolute Gasteiger partial charge is 0.0453 e. The highest BCUT2D eigenvalue weighted by Gasteiger charge is 2.15. The second kappa shape index (κ2) is 6.08. The molecule has 1 heterocycles. The van der Waals surface area contributed by atoms with Gasteiger partial charge in [-0.05, 0) is 63.1 Å². The highest BCUT2D eigenvalue weighted by molar-refractivity contribution is 7.12. The molecule has 102 valence electrons. The van der Waals surface area contributed by atoms with Gasteiger partial charge in [-0.1, -0.05) is 23.7 Å². The van der Waals surface area contributed by atoms with Crippen LogP contribution in [0.25, 0.3) is 0 Å². The Labute approximate surface area is 124 Å². The van der Waals surface area contributed by atoms with Crippen LogP contribution in [0.5, 0.6) is 0 Å². The zero-order valence-electron chi connectivity index (χ0n) is 11.9. The van der Waals surface area contributed by atoms with Crippen molar-refractivity contribution in [2.24, 2.45) is 0 Å². The van der Waals surface area contributed by atoms with Gasteiger partial charge in [-0.15, -0.1) is 11.3 Å². The van der Waals surface area contributed by atoms with E-state index in [1.807, 2.05) is 24.5 Å². The van der Waals surface area contributed by atoms with E-state index >= 15 is 0 Å². The molecule has 3 heteroatoms. The largest absolute Gasteiger partial charge is 0.312 e. The summed E-state index contributed by atoms with van der Waals surface area (Å²) in [6.07, 6.45) is 0.926. The van der Waals surface area contributed by atoms with Gasteiger partial charge in [-0.25, -0.2) is 0 Å². The third-order valence-electron chi connectivity index (χ3n) is 3.51. The van der Waals surface area contributed by atoms with Gasteiger partial charge in [0.2, 0.25) is 0 Å². The van der Waals surface area contributed by atoms with Crippen LogP contribution in [0.3, 0.4) is 0 Å². The monoisotopic (exact) mass is 293 g/mol. The number of halogens is 1. The summed E-state index contributed by atoms with van der Waals surface area (Å²) in [6.45, 7) is 6.41. The maximum atomic E-state index is 6.33. The van der Waals surface area contributed by atoms with E-state index in [-0.39, 0.29) is 0 Å². The molecule has 0 saturated heterocycles. The van der Waals surface area contributed by atoms with E-state index < -0.39 is 0 Å². The molecule has 0 spiro atoms. The summed E-state index contributed by atoms with van der Waals surface area (Å²) in [7, 11) is 2.01. The molecule has 0 aliphatic carbocycles. The lowest BCUT2D eigenvalue weighted by Crippen LogP contribution is -2.17. The average Bonchev–Trinajstić information content (AvgIpc) is 2.68. The number of rotatable bonds is 4. The van der Waals surface area contributed by atoms with Crippen LogP contribution in [0.15, 0.2) is 24.3 Å². The molecule has 0 radical (unpaired) electrons. The van der Waals surface area contributed by atoms with Crippen LogP contribution in [0, 0.1) is 20.8 Å². The first kappa shape index (κ1) is 14.6. The third-order valence-corrected chi connectivity index (χ3v) is 5.13. The topological polar surface area (TPSA) is 12.0 Å². The Hall–Kier alpha value is -0.830. The third kappa shape index (κ3) is 3.38. The predicted molar refractivity (Wildman–Crippen MR) is 85.5 cm³/mol. The summed E-state index contributed by atoms with van der Waals surface area (Å²) in [5, 5.41) is 4.27. The number of nitrogens with one attached hydrogen (secondary N) is 1. The molecule has 1 atom stereocenters. The maximum Gasteiger partial charge on any atom is 0.0453 e. The summed E-state index contributed by atoms with van der Waals surface area (Å²) in [6, 6.07) is 8.91. The van der Waals surface area contributed by atoms with E-state index in [2.05, 4.69) is 44.3 Å². The van der Waals surface area contributed by atoms with Crippen molar-refractivity contribution in [2.45, 2.75) is 33.2 Å². The first-order valence-corrected chi connectivity index (χ1v) is 7.70. The Morgan fingerprint density at radius 1 is 1.21 bits per heavy atom. The minimum atomic E-state index is 0.331. The lowest BCUT2D eigenvalue weighted by Gasteiger charge is -2.15. The Morgan fingerprint density at radius 2 is 1.95 bits per heavy atom. The maximum absolute atomic E-state index is 6.33. The van der Waals surface area contributed by atoms with E-state index in [9.17, 15) is 0 Å². The Bertz CT molecular complexity index is 555. The van der Waals surface area contributed by atoms with Crippen molar-refractivity contribution in [3.63, 3.8) is 0 Å². The lowest BCUT2D eigenvalue weighted by atomic mass is 10.0. The molecule has 2 rings (SSSR count). The van der Waals surface area contributed by atoms with Crippen molar-refractivity contribution in [1.82, 2.24) is 5.32 Å². The number of likely N-dealkylation sites (N-methyl/N-ethyl adjacent to an activating group) is 1. The zero-order valence-corrected chi connectivity index (χ0v) is 13.5. The summed E-state index contributed by atoms with van der Waals surface area (Å²) < 4.78 is 0. The van der Waals surface area contributed by atoms with Crippen LogP contribution in [0.1, 0.15) is 32.5 Å². The molecule has 0 saturated carbocycles. The molecule has 1 aromatic heterocycles. The Balaban J connectivity index is 2.23. The van der Waals surface area contributed by atoms with Gasteiger partial charge in [0.1, 0.15) is 0 Å². The predicted octanol–water partition coefficient (Wildman–Crippen LogP) is 4.83. The van der Waals surface area contributed by atoms with E-state index in [0.717, 1.165) is 11.4 Å². The van der Waals surface area contributed by atoms with Crippen LogP contribution in [0.4, 0.5) is 0 Å². The fourth-order valence-corrected chi connectivity index (χ4v) is 3.62. The van der Waals surface area contributed by atoms with Crippen molar-refractivity contribution in [3.8, 4) is 0 Å². The molecule has 1 aromatic carbocycles. The van der Waals surface area contributed by atoms with Gasteiger partial charge in [0.05, 0.1) is 0 Å². The molecule has 0 aliphatic heterocycles. The standard InChI is InChI=1S/C16H20ClNS/c1-10-5-6-13(14(17)7-10)9-15(18-4)16-8-11(2)12(3)19-16/h5-8,15,18H,9H2,1-4H3. The number of thiophene rings is 1. The van der Waals surface area contributed by atoms with Gasteiger partial charge in [-0.3, -0.25) is 0 Å². The van der Waals surface area contributed by atoms with Gasteiger partial charge in [0.25, 0.3) is 0 Å². The van der Waals surface area contributed by atoms with Gasteiger partial charge >= 0.3 is 0 Å². The molecule has 0 aliphatic rings. The average molecular weight is 294 g/mol. The van der Waals surface area contributed by atoms with Crippen LogP contribution < -0.4 is 5.32 Å². The van der Waals surface area contributed by atoms with Crippen LogP contribution in [0.2, 0.25) is 5.02 Å². The molecule has 0 amide bonds. The second-order valence-electron chi connectivity index (χ2n) is 5.03. The number of benzene rings is 1. The fourth-order valence-electron chi connectivity index (χ4n) is 2.16.